The average molecular weight is 368 g/mol. The number of ether oxygens (including phenoxy) is 1. The summed E-state index contributed by atoms with van der Waals surface area (Å²) in [7, 11) is 1.61. The molecular weight excluding hydrogens is 340 g/mol. The fourth-order valence-corrected chi connectivity index (χ4v) is 2.93. The van der Waals surface area contributed by atoms with Crippen molar-refractivity contribution in [1.82, 2.24) is 10.2 Å². The normalized spacial score (nSPS) is 11.6. The van der Waals surface area contributed by atoms with Crippen LogP contribution in [0.2, 0.25) is 0 Å². The first-order valence-corrected chi connectivity index (χ1v) is 9.20. The Bertz CT molecular complexity index is 771. The monoisotopic (exact) mass is 368 g/mol. The van der Waals surface area contributed by atoms with Crippen molar-refractivity contribution >= 4 is 11.8 Å². The summed E-state index contributed by atoms with van der Waals surface area (Å²) in [6, 6.07) is 14.9. The summed E-state index contributed by atoms with van der Waals surface area (Å²) < 4.78 is 5.18. The standard InChI is InChI=1S/C22H28N2O3/c1-5-23-22(26)17(3)24(15-18-9-11-20(27-4)12-10-18)21(25)14-19-8-6-7-16(2)13-19/h6-13,17H,5,14-15H2,1-4H3,(H,23,26)/t17-/m1/s1. The Morgan fingerprint density at radius 3 is 2.41 bits per heavy atom. The summed E-state index contributed by atoms with van der Waals surface area (Å²) in [6.45, 7) is 6.54. The highest BCUT2D eigenvalue weighted by Gasteiger charge is 2.25. The quantitative estimate of drug-likeness (QED) is 0.779. The topological polar surface area (TPSA) is 58.6 Å². The lowest BCUT2D eigenvalue weighted by Crippen LogP contribution is -2.48. The number of carbonyl (C=O) groups is 2. The van der Waals surface area contributed by atoms with E-state index in [9.17, 15) is 9.59 Å². The van der Waals surface area contributed by atoms with Gasteiger partial charge in [-0.15, -0.1) is 0 Å². The van der Waals surface area contributed by atoms with Crippen molar-refractivity contribution < 1.29 is 14.3 Å². The minimum absolute atomic E-state index is 0.0739. The molecule has 1 N–H and O–H groups in total. The number of hydrogen-bond acceptors (Lipinski definition) is 3. The highest BCUT2D eigenvalue weighted by molar-refractivity contribution is 5.88. The molecule has 0 saturated carbocycles. The molecular formula is C22H28N2O3. The molecule has 2 aromatic rings. The maximum Gasteiger partial charge on any atom is 0.242 e. The molecule has 1 atom stereocenters. The third-order valence-electron chi connectivity index (χ3n) is 4.47. The van der Waals surface area contributed by atoms with Gasteiger partial charge < -0.3 is 15.0 Å². The molecule has 0 aliphatic rings. The minimum atomic E-state index is -0.552. The van der Waals surface area contributed by atoms with Crippen LogP contribution in [0.15, 0.2) is 48.5 Å². The molecule has 0 aromatic heterocycles. The van der Waals surface area contributed by atoms with Gasteiger partial charge in [-0.25, -0.2) is 0 Å². The van der Waals surface area contributed by atoms with Crippen LogP contribution in [-0.4, -0.2) is 36.4 Å². The van der Waals surface area contributed by atoms with E-state index in [1.165, 1.54) is 0 Å². The number of aryl methyl sites for hydroxylation is 1. The third kappa shape index (κ3) is 5.84. The average Bonchev–Trinajstić information content (AvgIpc) is 2.66. The number of hydrogen-bond donors (Lipinski definition) is 1. The van der Waals surface area contributed by atoms with Gasteiger partial charge in [0.05, 0.1) is 13.5 Å². The van der Waals surface area contributed by atoms with E-state index < -0.39 is 6.04 Å². The highest BCUT2D eigenvalue weighted by Crippen LogP contribution is 2.16. The van der Waals surface area contributed by atoms with E-state index in [1.54, 1.807) is 18.9 Å². The highest BCUT2D eigenvalue weighted by atomic mass is 16.5. The van der Waals surface area contributed by atoms with Crippen molar-refractivity contribution in [3.05, 3.63) is 65.2 Å². The maximum atomic E-state index is 13.0. The van der Waals surface area contributed by atoms with E-state index in [0.717, 1.165) is 22.4 Å². The molecule has 0 spiro atoms. The molecule has 2 aromatic carbocycles. The van der Waals surface area contributed by atoms with Gasteiger partial charge in [0, 0.05) is 13.1 Å². The zero-order chi connectivity index (χ0) is 19.8. The van der Waals surface area contributed by atoms with Gasteiger partial charge >= 0.3 is 0 Å². The molecule has 0 heterocycles. The molecule has 2 amide bonds. The molecule has 0 aliphatic heterocycles. The Balaban J connectivity index is 2.21. The van der Waals surface area contributed by atoms with Crippen LogP contribution in [-0.2, 0) is 22.6 Å². The van der Waals surface area contributed by atoms with Crippen LogP contribution in [0.1, 0.15) is 30.5 Å². The van der Waals surface area contributed by atoms with Crippen LogP contribution in [0, 0.1) is 6.92 Å². The Labute approximate surface area is 161 Å². The van der Waals surface area contributed by atoms with Crippen LogP contribution < -0.4 is 10.1 Å². The fraction of sp³-hybridized carbons (Fsp3) is 0.364. The van der Waals surface area contributed by atoms with Gasteiger partial charge in [-0.2, -0.15) is 0 Å². The third-order valence-corrected chi connectivity index (χ3v) is 4.47. The van der Waals surface area contributed by atoms with Crippen LogP contribution in [0.4, 0.5) is 0 Å². The van der Waals surface area contributed by atoms with Crippen molar-refractivity contribution in [2.75, 3.05) is 13.7 Å². The second-order valence-corrected chi connectivity index (χ2v) is 6.61. The van der Waals surface area contributed by atoms with Gasteiger partial charge in [0.15, 0.2) is 0 Å². The molecule has 2 rings (SSSR count). The number of nitrogens with zero attached hydrogens (tertiary/aromatic N) is 1. The van der Waals surface area contributed by atoms with Gasteiger partial charge in [0.25, 0.3) is 0 Å². The SMILES string of the molecule is CCNC(=O)[C@@H](C)N(Cc1ccc(OC)cc1)C(=O)Cc1cccc(C)c1. The van der Waals surface area contributed by atoms with Crippen molar-refractivity contribution in [1.29, 1.82) is 0 Å². The minimum Gasteiger partial charge on any atom is -0.497 e. The lowest BCUT2D eigenvalue weighted by atomic mass is 10.1. The molecule has 0 saturated heterocycles. The second kappa shape index (κ2) is 9.76. The summed E-state index contributed by atoms with van der Waals surface area (Å²) in [5.74, 6) is 0.534. The predicted octanol–water partition coefficient (Wildman–Crippen LogP) is 3.10. The van der Waals surface area contributed by atoms with E-state index in [0.29, 0.717) is 13.1 Å². The summed E-state index contributed by atoms with van der Waals surface area (Å²) in [6.07, 6.45) is 0.265. The second-order valence-electron chi connectivity index (χ2n) is 6.61. The summed E-state index contributed by atoms with van der Waals surface area (Å²) in [4.78, 5) is 27.0. The lowest BCUT2D eigenvalue weighted by molar-refractivity contribution is -0.140. The number of rotatable bonds is 8. The number of amides is 2. The predicted molar refractivity (Wildman–Crippen MR) is 107 cm³/mol. The molecule has 5 heteroatoms. The first-order valence-electron chi connectivity index (χ1n) is 9.20. The number of nitrogens with one attached hydrogen (secondary N) is 1. The first-order chi connectivity index (χ1) is 12.9. The van der Waals surface area contributed by atoms with Crippen LogP contribution in [0.25, 0.3) is 0 Å². The summed E-state index contributed by atoms with van der Waals surface area (Å²) in [5, 5.41) is 2.80. The number of likely N-dealkylation sites (N-methyl/N-ethyl adjacent to an activating group) is 1. The largest absolute Gasteiger partial charge is 0.497 e. The van der Waals surface area contributed by atoms with E-state index in [4.69, 9.17) is 4.74 Å². The molecule has 0 bridgehead atoms. The van der Waals surface area contributed by atoms with Crippen LogP contribution in [0.3, 0.4) is 0 Å². The van der Waals surface area contributed by atoms with Gasteiger partial charge in [0.1, 0.15) is 11.8 Å². The molecule has 0 fully saturated rings. The Kier molecular flexibility index (Phi) is 7.41. The van der Waals surface area contributed by atoms with Crippen molar-refractivity contribution in [3.8, 4) is 5.75 Å². The van der Waals surface area contributed by atoms with Gasteiger partial charge in [-0.05, 0) is 44.0 Å². The molecule has 0 radical (unpaired) electrons. The van der Waals surface area contributed by atoms with Crippen molar-refractivity contribution in [2.45, 2.75) is 39.8 Å². The van der Waals surface area contributed by atoms with Crippen molar-refractivity contribution in [2.24, 2.45) is 0 Å². The van der Waals surface area contributed by atoms with Gasteiger partial charge in [-0.3, -0.25) is 9.59 Å². The fourth-order valence-electron chi connectivity index (χ4n) is 2.93. The Morgan fingerprint density at radius 2 is 1.81 bits per heavy atom. The van der Waals surface area contributed by atoms with Crippen LogP contribution in [0.5, 0.6) is 5.75 Å². The number of carbonyl (C=O) groups excluding carboxylic acids is 2. The molecule has 144 valence electrons. The van der Waals surface area contributed by atoms with E-state index in [1.807, 2.05) is 62.4 Å². The summed E-state index contributed by atoms with van der Waals surface area (Å²) >= 11 is 0. The molecule has 0 aliphatic carbocycles. The van der Waals surface area contributed by atoms with E-state index in [2.05, 4.69) is 5.32 Å². The smallest absolute Gasteiger partial charge is 0.242 e. The van der Waals surface area contributed by atoms with E-state index in [-0.39, 0.29) is 18.2 Å². The van der Waals surface area contributed by atoms with E-state index >= 15 is 0 Å². The molecule has 0 unspecified atom stereocenters. The zero-order valence-corrected chi connectivity index (χ0v) is 16.5. The van der Waals surface area contributed by atoms with Gasteiger partial charge in [-0.1, -0.05) is 42.0 Å². The molecule has 27 heavy (non-hydrogen) atoms. The van der Waals surface area contributed by atoms with Crippen LogP contribution >= 0.6 is 0 Å². The first kappa shape index (κ1) is 20.5. The zero-order valence-electron chi connectivity index (χ0n) is 16.5. The summed E-state index contributed by atoms with van der Waals surface area (Å²) in [5.41, 5.74) is 3.01. The maximum absolute atomic E-state index is 13.0. The number of benzene rings is 2. The van der Waals surface area contributed by atoms with Gasteiger partial charge in [0.2, 0.25) is 11.8 Å². The Hall–Kier alpha value is -2.82. The number of methoxy groups -OCH3 is 1. The lowest BCUT2D eigenvalue weighted by Gasteiger charge is -2.29. The molecule has 5 nitrogen and oxygen atoms in total. The van der Waals surface area contributed by atoms with Crippen molar-refractivity contribution in [3.63, 3.8) is 0 Å². The Morgan fingerprint density at radius 1 is 1.11 bits per heavy atom.